The quantitative estimate of drug-likeness (QED) is 0.909. The van der Waals surface area contributed by atoms with E-state index in [0.29, 0.717) is 22.1 Å². The molecular weight excluding hydrogens is 314 g/mol. The Hall–Kier alpha value is -2.20. The minimum absolute atomic E-state index is 0.0386. The van der Waals surface area contributed by atoms with E-state index >= 15 is 0 Å². The summed E-state index contributed by atoms with van der Waals surface area (Å²) in [6.45, 7) is 0.135. The van der Waals surface area contributed by atoms with Crippen molar-refractivity contribution in [3.05, 3.63) is 58.1 Å². The van der Waals surface area contributed by atoms with E-state index in [9.17, 15) is 4.79 Å². The van der Waals surface area contributed by atoms with Gasteiger partial charge >= 0.3 is 0 Å². The first-order chi connectivity index (χ1) is 11.2. The van der Waals surface area contributed by atoms with E-state index in [1.54, 1.807) is 12.1 Å². The first kappa shape index (κ1) is 14.4. The highest BCUT2D eigenvalue weighted by molar-refractivity contribution is 6.32. The van der Waals surface area contributed by atoms with Gasteiger partial charge in [0, 0.05) is 5.56 Å². The van der Waals surface area contributed by atoms with E-state index in [1.165, 1.54) is 11.1 Å². The number of rotatable bonds is 2. The molecule has 0 saturated heterocycles. The normalized spacial score (nSPS) is 18.4. The zero-order valence-corrected chi connectivity index (χ0v) is 13.2. The predicted molar refractivity (Wildman–Crippen MR) is 87.2 cm³/mol. The molecule has 0 fully saturated rings. The number of ether oxygens (including phenoxy) is 2. The van der Waals surface area contributed by atoms with Crippen LogP contribution in [0, 0.1) is 0 Å². The van der Waals surface area contributed by atoms with Gasteiger partial charge in [-0.25, -0.2) is 0 Å². The lowest BCUT2D eigenvalue weighted by atomic mass is 9.87. The molecule has 4 rings (SSSR count). The van der Waals surface area contributed by atoms with Gasteiger partial charge < -0.3 is 14.8 Å². The van der Waals surface area contributed by atoms with Crippen molar-refractivity contribution >= 4 is 17.5 Å². The minimum atomic E-state index is -0.146. The van der Waals surface area contributed by atoms with Gasteiger partial charge in [0.05, 0.1) is 11.1 Å². The molecule has 1 unspecified atom stereocenters. The lowest BCUT2D eigenvalue weighted by Crippen LogP contribution is -2.30. The number of aryl methyl sites for hydroxylation is 1. The number of fused-ring (bicyclic) bond motifs is 2. The summed E-state index contributed by atoms with van der Waals surface area (Å²) in [5.41, 5.74) is 3.01. The summed E-state index contributed by atoms with van der Waals surface area (Å²) in [5.74, 6) is 0.879. The zero-order chi connectivity index (χ0) is 15.8. The highest BCUT2D eigenvalue weighted by atomic mass is 35.5. The molecule has 1 N–H and O–H groups in total. The molecule has 0 spiro atoms. The molecule has 1 atom stereocenters. The van der Waals surface area contributed by atoms with Crippen molar-refractivity contribution < 1.29 is 14.3 Å². The SMILES string of the molecule is O=C(NC1CCCc2ccccc21)c1cc(Cl)c2c(c1)OCO2. The number of hydrogen-bond acceptors (Lipinski definition) is 3. The van der Waals surface area contributed by atoms with E-state index in [-0.39, 0.29) is 18.7 Å². The summed E-state index contributed by atoms with van der Waals surface area (Å²) in [4.78, 5) is 12.6. The summed E-state index contributed by atoms with van der Waals surface area (Å²) in [5, 5.41) is 3.51. The van der Waals surface area contributed by atoms with Crippen molar-refractivity contribution in [3.63, 3.8) is 0 Å². The number of carbonyl (C=O) groups excluding carboxylic acids is 1. The van der Waals surface area contributed by atoms with Crippen LogP contribution >= 0.6 is 11.6 Å². The molecule has 2 aliphatic rings. The fourth-order valence-corrected chi connectivity index (χ4v) is 3.51. The summed E-state index contributed by atoms with van der Waals surface area (Å²) in [6.07, 6.45) is 3.09. The van der Waals surface area contributed by atoms with Crippen LogP contribution in [0.15, 0.2) is 36.4 Å². The van der Waals surface area contributed by atoms with Gasteiger partial charge in [0.2, 0.25) is 6.79 Å². The van der Waals surface area contributed by atoms with E-state index < -0.39 is 0 Å². The maximum absolute atomic E-state index is 12.6. The summed E-state index contributed by atoms with van der Waals surface area (Å²) < 4.78 is 10.6. The molecule has 2 aromatic carbocycles. The molecule has 5 heteroatoms. The lowest BCUT2D eigenvalue weighted by Gasteiger charge is -2.26. The smallest absolute Gasteiger partial charge is 0.251 e. The van der Waals surface area contributed by atoms with Crippen molar-refractivity contribution in [1.82, 2.24) is 5.32 Å². The van der Waals surface area contributed by atoms with Gasteiger partial charge in [0.25, 0.3) is 5.91 Å². The minimum Gasteiger partial charge on any atom is -0.454 e. The summed E-state index contributed by atoms with van der Waals surface area (Å²) in [6, 6.07) is 11.6. The molecule has 0 bridgehead atoms. The summed E-state index contributed by atoms with van der Waals surface area (Å²) in [7, 11) is 0. The molecule has 23 heavy (non-hydrogen) atoms. The average molecular weight is 330 g/mol. The van der Waals surface area contributed by atoms with Gasteiger partial charge in [-0.15, -0.1) is 0 Å². The zero-order valence-electron chi connectivity index (χ0n) is 12.5. The van der Waals surface area contributed by atoms with Crippen LogP contribution in [0.3, 0.4) is 0 Å². The van der Waals surface area contributed by atoms with E-state index in [4.69, 9.17) is 21.1 Å². The second-order valence-electron chi connectivity index (χ2n) is 5.81. The second-order valence-corrected chi connectivity index (χ2v) is 6.22. The van der Waals surface area contributed by atoms with Crippen LogP contribution < -0.4 is 14.8 Å². The molecule has 0 aromatic heterocycles. The number of carbonyl (C=O) groups is 1. The Bertz CT molecular complexity index is 775. The Balaban J connectivity index is 1.59. The third-order valence-electron chi connectivity index (χ3n) is 4.36. The monoisotopic (exact) mass is 329 g/mol. The number of hydrogen-bond donors (Lipinski definition) is 1. The molecule has 118 valence electrons. The Morgan fingerprint density at radius 2 is 2.09 bits per heavy atom. The maximum Gasteiger partial charge on any atom is 0.251 e. The van der Waals surface area contributed by atoms with Crippen LogP contribution in [-0.2, 0) is 6.42 Å². The van der Waals surface area contributed by atoms with Crippen LogP contribution in [0.5, 0.6) is 11.5 Å². The molecule has 2 aromatic rings. The molecule has 1 amide bonds. The van der Waals surface area contributed by atoms with Crippen molar-refractivity contribution in [1.29, 1.82) is 0 Å². The average Bonchev–Trinajstić information content (AvgIpc) is 3.04. The highest BCUT2D eigenvalue weighted by Gasteiger charge is 2.24. The molecular formula is C18H16ClNO3. The number of nitrogens with one attached hydrogen (secondary N) is 1. The van der Waals surface area contributed by atoms with Crippen LogP contribution in [0.25, 0.3) is 0 Å². The molecule has 4 nitrogen and oxygen atoms in total. The first-order valence-corrected chi connectivity index (χ1v) is 8.08. The highest BCUT2D eigenvalue weighted by Crippen LogP contribution is 2.40. The van der Waals surface area contributed by atoms with E-state index in [2.05, 4.69) is 17.4 Å². The molecule has 1 heterocycles. The van der Waals surface area contributed by atoms with Gasteiger partial charge in [-0.05, 0) is 42.5 Å². The molecule has 1 aliphatic carbocycles. The Kier molecular flexibility index (Phi) is 3.62. The van der Waals surface area contributed by atoms with Gasteiger partial charge in [-0.3, -0.25) is 4.79 Å². The van der Waals surface area contributed by atoms with Crippen molar-refractivity contribution in [2.45, 2.75) is 25.3 Å². The van der Waals surface area contributed by atoms with E-state index in [1.807, 2.05) is 12.1 Å². The van der Waals surface area contributed by atoms with Crippen molar-refractivity contribution in [2.24, 2.45) is 0 Å². The van der Waals surface area contributed by atoms with Crippen molar-refractivity contribution in [3.8, 4) is 11.5 Å². The third kappa shape index (κ3) is 2.63. The van der Waals surface area contributed by atoms with Crippen LogP contribution in [0.1, 0.15) is 40.4 Å². The fourth-order valence-electron chi connectivity index (χ4n) is 3.24. The predicted octanol–water partition coefficient (Wildman–Crippen LogP) is 3.88. The van der Waals surface area contributed by atoms with Crippen LogP contribution in [0.4, 0.5) is 0 Å². The summed E-state index contributed by atoms with van der Waals surface area (Å²) >= 11 is 6.16. The van der Waals surface area contributed by atoms with Gasteiger partial charge in [0.1, 0.15) is 0 Å². The third-order valence-corrected chi connectivity index (χ3v) is 4.64. The topological polar surface area (TPSA) is 47.6 Å². The Morgan fingerprint density at radius 3 is 3.00 bits per heavy atom. The standard InChI is InChI=1S/C18H16ClNO3/c19-14-8-12(9-16-17(14)23-10-22-16)18(21)20-15-7-3-5-11-4-1-2-6-13(11)15/h1-2,4,6,8-9,15H,3,5,7,10H2,(H,20,21). The van der Waals surface area contributed by atoms with Crippen LogP contribution in [-0.4, -0.2) is 12.7 Å². The fraction of sp³-hybridized carbons (Fsp3) is 0.278. The number of halogens is 1. The number of benzene rings is 2. The van der Waals surface area contributed by atoms with E-state index in [0.717, 1.165) is 19.3 Å². The van der Waals surface area contributed by atoms with Gasteiger partial charge in [-0.1, -0.05) is 35.9 Å². The number of amides is 1. The maximum atomic E-state index is 12.6. The first-order valence-electron chi connectivity index (χ1n) is 7.70. The molecule has 1 aliphatic heterocycles. The molecule has 0 saturated carbocycles. The van der Waals surface area contributed by atoms with Gasteiger partial charge in [0.15, 0.2) is 11.5 Å². The Morgan fingerprint density at radius 1 is 1.22 bits per heavy atom. The lowest BCUT2D eigenvalue weighted by molar-refractivity contribution is 0.0932. The molecule has 0 radical (unpaired) electrons. The largest absolute Gasteiger partial charge is 0.454 e. The van der Waals surface area contributed by atoms with Crippen molar-refractivity contribution in [2.75, 3.05) is 6.79 Å². The van der Waals surface area contributed by atoms with Crippen LogP contribution in [0.2, 0.25) is 5.02 Å². The Labute approximate surface area is 139 Å². The second kappa shape index (κ2) is 5.78. The van der Waals surface area contributed by atoms with Gasteiger partial charge in [-0.2, -0.15) is 0 Å².